The third-order valence-corrected chi connectivity index (χ3v) is 3.41. The van der Waals surface area contributed by atoms with Crippen LogP contribution in [0.4, 0.5) is 0 Å². The Hall–Kier alpha value is -1.14. The number of amides is 2. The smallest absolute Gasteiger partial charge is 0.242 e. The lowest BCUT2D eigenvalue weighted by atomic mass is 10.0. The molecule has 3 N–H and O–H groups in total. The second-order valence-electron chi connectivity index (χ2n) is 5.54. The summed E-state index contributed by atoms with van der Waals surface area (Å²) in [5, 5.41) is 3.20. The van der Waals surface area contributed by atoms with Gasteiger partial charge in [-0.1, -0.05) is 6.92 Å². The lowest BCUT2D eigenvalue weighted by Crippen LogP contribution is -2.54. The van der Waals surface area contributed by atoms with Crippen LogP contribution in [0.25, 0.3) is 0 Å². The molecule has 110 valence electrons. The lowest BCUT2D eigenvalue weighted by molar-refractivity contribution is -0.136. The van der Waals surface area contributed by atoms with Crippen LogP contribution >= 0.6 is 0 Å². The number of carbonyl (C=O) groups is 2. The fourth-order valence-corrected chi connectivity index (χ4v) is 2.47. The van der Waals surface area contributed by atoms with E-state index in [1.807, 2.05) is 30.6 Å². The summed E-state index contributed by atoms with van der Waals surface area (Å²) in [6.45, 7) is 9.76. The number of primary amides is 1. The monoisotopic (exact) mass is 270 g/mol. The van der Waals surface area contributed by atoms with E-state index < -0.39 is 5.54 Å². The van der Waals surface area contributed by atoms with Crippen LogP contribution in [0.2, 0.25) is 0 Å². The Balaban J connectivity index is 2.57. The van der Waals surface area contributed by atoms with Gasteiger partial charge in [0.25, 0.3) is 0 Å². The second kappa shape index (κ2) is 6.86. The Morgan fingerprint density at radius 2 is 1.89 bits per heavy atom. The van der Waals surface area contributed by atoms with Gasteiger partial charge in [0, 0.05) is 26.2 Å². The molecule has 0 radical (unpaired) electrons. The zero-order valence-electron chi connectivity index (χ0n) is 12.2. The molecule has 0 spiro atoms. The van der Waals surface area contributed by atoms with E-state index in [9.17, 15) is 9.59 Å². The molecule has 6 heteroatoms. The maximum absolute atomic E-state index is 12.4. The molecule has 1 fully saturated rings. The molecule has 0 unspecified atom stereocenters. The van der Waals surface area contributed by atoms with Gasteiger partial charge in [-0.25, -0.2) is 0 Å². The number of likely N-dealkylation sites (N-methyl/N-ethyl adjacent to an activating group) is 1. The molecule has 0 atom stereocenters. The summed E-state index contributed by atoms with van der Waals surface area (Å²) in [5.74, 6) is -0.192. The second-order valence-corrected chi connectivity index (χ2v) is 5.54. The molecule has 0 bridgehead atoms. The summed E-state index contributed by atoms with van der Waals surface area (Å²) in [6, 6.07) is 0. The molecule has 0 saturated carbocycles. The largest absolute Gasteiger partial charge is 0.369 e. The zero-order chi connectivity index (χ0) is 14.5. The van der Waals surface area contributed by atoms with Crippen molar-refractivity contribution in [3.63, 3.8) is 0 Å². The SMILES string of the molecule is CCNC(C)(C)C(=O)N1CCCN(CC(N)=O)CC1. The average Bonchev–Trinajstić information content (AvgIpc) is 2.53. The Labute approximate surface area is 115 Å². The van der Waals surface area contributed by atoms with Crippen molar-refractivity contribution in [1.82, 2.24) is 15.1 Å². The molecule has 1 rings (SSSR count). The molecule has 19 heavy (non-hydrogen) atoms. The van der Waals surface area contributed by atoms with Gasteiger partial charge in [-0.15, -0.1) is 0 Å². The van der Waals surface area contributed by atoms with Crippen LogP contribution in [0.1, 0.15) is 27.2 Å². The van der Waals surface area contributed by atoms with Crippen molar-refractivity contribution in [2.45, 2.75) is 32.7 Å². The molecular weight excluding hydrogens is 244 g/mol. The summed E-state index contributed by atoms with van der Waals surface area (Å²) >= 11 is 0. The van der Waals surface area contributed by atoms with Crippen molar-refractivity contribution < 1.29 is 9.59 Å². The summed E-state index contributed by atoms with van der Waals surface area (Å²) in [6.07, 6.45) is 0.876. The van der Waals surface area contributed by atoms with Gasteiger partial charge in [0.1, 0.15) is 0 Å². The standard InChI is InChI=1S/C13H26N4O2/c1-4-15-13(2,3)12(19)17-7-5-6-16(8-9-17)10-11(14)18/h15H,4-10H2,1-3H3,(H2,14,18). The first-order chi connectivity index (χ1) is 8.86. The third-order valence-electron chi connectivity index (χ3n) is 3.41. The first-order valence-electron chi connectivity index (χ1n) is 6.92. The number of carbonyl (C=O) groups excluding carboxylic acids is 2. The molecule has 2 amide bonds. The van der Waals surface area contributed by atoms with Gasteiger partial charge in [-0.05, 0) is 26.8 Å². The van der Waals surface area contributed by atoms with E-state index in [1.165, 1.54) is 0 Å². The first-order valence-corrected chi connectivity index (χ1v) is 6.92. The van der Waals surface area contributed by atoms with Gasteiger partial charge in [0.15, 0.2) is 0 Å². The van der Waals surface area contributed by atoms with E-state index in [0.29, 0.717) is 13.1 Å². The predicted octanol–water partition coefficient (Wildman–Crippen LogP) is -0.606. The van der Waals surface area contributed by atoms with Gasteiger partial charge < -0.3 is 16.0 Å². The van der Waals surface area contributed by atoms with Gasteiger partial charge in [-0.2, -0.15) is 0 Å². The van der Waals surface area contributed by atoms with Crippen molar-refractivity contribution >= 4 is 11.8 Å². The van der Waals surface area contributed by atoms with E-state index in [-0.39, 0.29) is 18.4 Å². The van der Waals surface area contributed by atoms with Crippen molar-refractivity contribution in [1.29, 1.82) is 0 Å². The predicted molar refractivity (Wildman–Crippen MR) is 74.6 cm³/mol. The van der Waals surface area contributed by atoms with Crippen molar-refractivity contribution in [2.24, 2.45) is 5.73 Å². The molecule has 1 heterocycles. The van der Waals surface area contributed by atoms with Crippen LogP contribution in [-0.4, -0.2) is 66.4 Å². The Morgan fingerprint density at radius 3 is 2.47 bits per heavy atom. The molecule has 1 saturated heterocycles. The third kappa shape index (κ3) is 4.80. The number of hydrogen-bond donors (Lipinski definition) is 2. The highest BCUT2D eigenvalue weighted by atomic mass is 16.2. The quantitative estimate of drug-likeness (QED) is 0.699. The molecule has 1 aliphatic heterocycles. The van der Waals surface area contributed by atoms with Gasteiger partial charge in [-0.3, -0.25) is 14.5 Å². The van der Waals surface area contributed by atoms with E-state index in [1.54, 1.807) is 0 Å². The van der Waals surface area contributed by atoms with Crippen LogP contribution in [0.15, 0.2) is 0 Å². The summed E-state index contributed by atoms with van der Waals surface area (Å²) in [4.78, 5) is 27.3. The molecule has 6 nitrogen and oxygen atoms in total. The van der Waals surface area contributed by atoms with Crippen LogP contribution in [0.5, 0.6) is 0 Å². The van der Waals surface area contributed by atoms with Crippen molar-refractivity contribution in [3.8, 4) is 0 Å². The maximum Gasteiger partial charge on any atom is 0.242 e. The molecular formula is C13H26N4O2. The fourth-order valence-electron chi connectivity index (χ4n) is 2.47. The number of nitrogens with one attached hydrogen (secondary N) is 1. The van der Waals surface area contributed by atoms with Gasteiger partial charge in [0.05, 0.1) is 12.1 Å². The van der Waals surface area contributed by atoms with Crippen molar-refractivity contribution in [3.05, 3.63) is 0 Å². The lowest BCUT2D eigenvalue weighted by Gasteiger charge is -2.31. The molecule has 0 aromatic rings. The van der Waals surface area contributed by atoms with Crippen LogP contribution in [0, 0.1) is 0 Å². The highest BCUT2D eigenvalue weighted by molar-refractivity contribution is 5.85. The first kappa shape index (κ1) is 15.9. The van der Waals surface area contributed by atoms with Crippen LogP contribution in [-0.2, 0) is 9.59 Å². The van der Waals surface area contributed by atoms with E-state index in [0.717, 1.165) is 26.1 Å². The summed E-state index contributed by atoms with van der Waals surface area (Å²) < 4.78 is 0. The van der Waals surface area contributed by atoms with Gasteiger partial charge in [0.2, 0.25) is 11.8 Å². The van der Waals surface area contributed by atoms with Crippen LogP contribution < -0.4 is 11.1 Å². The minimum atomic E-state index is -0.534. The van der Waals surface area contributed by atoms with Gasteiger partial charge >= 0.3 is 0 Å². The molecule has 1 aliphatic rings. The average molecular weight is 270 g/mol. The summed E-state index contributed by atoms with van der Waals surface area (Å²) in [7, 11) is 0. The molecule has 0 aromatic heterocycles. The number of hydrogen-bond acceptors (Lipinski definition) is 4. The normalized spacial score (nSPS) is 18.2. The zero-order valence-corrected chi connectivity index (χ0v) is 12.2. The molecule has 0 aliphatic carbocycles. The highest BCUT2D eigenvalue weighted by Crippen LogP contribution is 2.11. The maximum atomic E-state index is 12.4. The number of nitrogens with two attached hydrogens (primary N) is 1. The fraction of sp³-hybridized carbons (Fsp3) is 0.846. The molecule has 0 aromatic carbocycles. The number of nitrogens with zero attached hydrogens (tertiary/aromatic N) is 2. The summed E-state index contributed by atoms with van der Waals surface area (Å²) in [5.41, 5.74) is 4.67. The topological polar surface area (TPSA) is 78.7 Å². The van der Waals surface area contributed by atoms with Crippen LogP contribution in [0.3, 0.4) is 0 Å². The minimum Gasteiger partial charge on any atom is -0.369 e. The van der Waals surface area contributed by atoms with E-state index >= 15 is 0 Å². The Kier molecular flexibility index (Phi) is 5.75. The Bertz CT molecular complexity index is 331. The van der Waals surface area contributed by atoms with E-state index in [2.05, 4.69) is 5.32 Å². The van der Waals surface area contributed by atoms with E-state index in [4.69, 9.17) is 5.73 Å². The minimum absolute atomic E-state index is 0.121. The number of rotatable bonds is 5. The van der Waals surface area contributed by atoms with Crippen molar-refractivity contribution in [2.75, 3.05) is 39.3 Å². The Morgan fingerprint density at radius 1 is 1.21 bits per heavy atom. The highest BCUT2D eigenvalue weighted by Gasteiger charge is 2.31.